The lowest BCUT2D eigenvalue weighted by Crippen LogP contribution is -2.37. The molecule has 0 bridgehead atoms. The van der Waals surface area contributed by atoms with Crippen LogP contribution < -0.4 is 5.73 Å². The van der Waals surface area contributed by atoms with E-state index in [1.807, 2.05) is 0 Å². The van der Waals surface area contributed by atoms with Gasteiger partial charge in [0, 0.05) is 12.1 Å². The molecule has 1 fully saturated rings. The molecule has 0 unspecified atom stereocenters. The summed E-state index contributed by atoms with van der Waals surface area (Å²) in [7, 11) is 0. The Labute approximate surface area is 166 Å². The maximum atomic E-state index is 12.9. The van der Waals surface area contributed by atoms with E-state index in [1.54, 1.807) is 18.2 Å². The van der Waals surface area contributed by atoms with Crippen LogP contribution in [0.1, 0.15) is 24.2 Å². The zero-order valence-electron chi connectivity index (χ0n) is 15.2. The highest BCUT2D eigenvalue weighted by Crippen LogP contribution is 2.32. The first-order valence-electron chi connectivity index (χ1n) is 8.94. The van der Waals surface area contributed by atoms with Gasteiger partial charge in [-0.15, -0.1) is 0 Å². The molecule has 1 aromatic carbocycles. The molecule has 9 heteroatoms. The van der Waals surface area contributed by atoms with Crippen LogP contribution in [0.4, 0.5) is 13.2 Å². The number of hydrogen-bond acceptors (Lipinski definition) is 4. The van der Waals surface area contributed by atoms with Gasteiger partial charge in [0.1, 0.15) is 11.5 Å². The van der Waals surface area contributed by atoms with Crippen LogP contribution in [0.5, 0.6) is 0 Å². The van der Waals surface area contributed by atoms with Crippen LogP contribution in [-0.2, 0) is 6.18 Å². The average molecular weight is 410 g/mol. The molecule has 1 saturated heterocycles. The van der Waals surface area contributed by atoms with Gasteiger partial charge in [-0.3, -0.25) is 0 Å². The second kappa shape index (κ2) is 8.74. The maximum absolute atomic E-state index is 12.9. The van der Waals surface area contributed by atoms with Crippen molar-refractivity contribution in [3.8, 4) is 11.3 Å². The smallest absolute Gasteiger partial charge is 0.416 e. The van der Waals surface area contributed by atoms with Crippen LogP contribution in [-0.4, -0.2) is 47.4 Å². The minimum absolute atomic E-state index is 0.153. The molecule has 1 aromatic heterocycles. The van der Waals surface area contributed by atoms with Gasteiger partial charge in [0.05, 0.1) is 18.3 Å². The predicted octanol–water partition coefficient (Wildman–Crippen LogP) is 3.94. The lowest BCUT2D eigenvalue weighted by atomic mass is 10.1. The summed E-state index contributed by atoms with van der Waals surface area (Å²) in [6.07, 6.45) is -0.554. The molecular formula is C19H21F3N4OS. The van der Waals surface area contributed by atoms with Crippen molar-refractivity contribution in [3.05, 3.63) is 47.7 Å². The third kappa shape index (κ3) is 5.32. The first-order chi connectivity index (χ1) is 13.3. The topological polar surface area (TPSA) is 58.0 Å². The highest BCUT2D eigenvalue weighted by molar-refractivity contribution is 7.80. The van der Waals surface area contributed by atoms with Gasteiger partial charge >= 0.3 is 6.18 Å². The molecule has 0 saturated carbocycles. The van der Waals surface area contributed by atoms with Crippen molar-refractivity contribution >= 4 is 23.5 Å². The summed E-state index contributed by atoms with van der Waals surface area (Å²) in [5.41, 5.74) is 5.35. The van der Waals surface area contributed by atoms with E-state index in [0.717, 1.165) is 31.8 Å². The molecule has 2 aromatic rings. The van der Waals surface area contributed by atoms with Crippen molar-refractivity contribution in [2.75, 3.05) is 26.2 Å². The third-order valence-electron chi connectivity index (χ3n) is 4.51. The van der Waals surface area contributed by atoms with Crippen LogP contribution >= 0.6 is 12.2 Å². The number of rotatable bonds is 6. The highest BCUT2D eigenvalue weighted by Gasteiger charge is 2.30. The fourth-order valence-corrected chi connectivity index (χ4v) is 3.16. The van der Waals surface area contributed by atoms with E-state index in [9.17, 15) is 13.2 Å². The van der Waals surface area contributed by atoms with Crippen molar-refractivity contribution < 1.29 is 17.6 Å². The summed E-state index contributed by atoms with van der Waals surface area (Å²) in [5.74, 6) is 0.723. The molecule has 0 aliphatic carbocycles. The molecule has 2 N–H and O–H groups in total. The minimum Gasteiger partial charge on any atom is -0.455 e. The van der Waals surface area contributed by atoms with Gasteiger partial charge in [0.2, 0.25) is 0 Å². The van der Waals surface area contributed by atoms with Gasteiger partial charge in [0.25, 0.3) is 0 Å². The quantitative estimate of drug-likeness (QED) is 0.444. The van der Waals surface area contributed by atoms with Crippen LogP contribution in [0.25, 0.3) is 11.3 Å². The summed E-state index contributed by atoms with van der Waals surface area (Å²) in [5, 5.41) is 5.93. The Hall–Kier alpha value is -2.39. The summed E-state index contributed by atoms with van der Waals surface area (Å²) in [6.45, 7) is 3.50. The monoisotopic (exact) mass is 410 g/mol. The number of halogens is 3. The Morgan fingerprint density at radius 1 is 1.25 bits per heavy atom. The Morgan fingerprint density at radius 3 is 2.68 bits per heavy atom. The van der Waals surface area contributed by atoms with Crippen LogP contribution in [0, 0.1) is 0 Å². The number of nitrogens with two attached hydrogens (primary N) is 1. The van der Waals surface area contributed by atoms with Crippen molar-refractivity contribution in [1.82, 2.24) is 9.91 Å². The third-order valence-corrected chi connectivity index (χ3v) is 4.72. The molecule has 5 nitrogen and oxygen atoms in total. The standard InChI is InChI=1S/C19H21F3N4OS/c20-19(21,22)15-5-3-4-14(12-15)17-7-6-16(27-17)13-24-26(18(23)28)11-10-25-8-1-2-9-25/h3-7,12-13H,1-2,8-11H2,(H2,23,28). The SMILES string of the molecule is NC(=S)N(CCN1CCCC1)N=Cc1ccc(-c2cccc(C(F)(F)F)c2)o1. The largest absolute Gasteiger partial charge is 0.455 e. The molecule has 0 atom stereocenters. The summed E-state index contributed by atoms with van der Waals surface area (Å²) < 4.78 is 44.2. The highest BCUT2D eigenvalue weighted by atomic mass is 32.1. The number of alkyl halides is 3. The van der Waals surface area contributed by atoms with Gasteiger partial charge in [-0.25, -0.2) is 5.01 Å². The molecule has 28 heavy (non-hydrogen) atoms. The predicted molar refractivity (Wildman–Crippen MR) is 106 cm³/mol. The molecule has 1 aliphatic heterocycles. The zero-order chi connectivity index (χ0) is 20.1. The second-order valence-corrected chi connectivity index (χ2v) is 6.95. The Morgan fingerprint density at radius 2 is 2.00 bits per heavy atom. The minimum atomic E-state index is -4.40. The average Bonchev–Trinajstić information content (AvgIpc) is 3.32. The van der Waals surface area contributed by atoms with Crippen LogP contribution in [0.15, 0.2) is 45.9 Å². The zero-order valence-corrected chi connectivity index (χ0v) is 16.0. The van der Waals surface area contributed by atoms with E-state index in [2.05, 4.69) is 10.0 Å². The number of likely N-dealkylation sites (tertiary alicyclic amines) is 1. The first-order valence-corrected chi connectivity index (χ1v) is 9.34. The van der Waals surface area contributed by atoms with Crippen LogP contribution in [0.2, 0.25) is 0 Å². The van der Waals surface area contributed by atoms with Crippen molar-refractivity contribution in [3.63, 3.8) is 0 Å². The van der Waals surface area contributed by atoms with E-state index in [4.69, 9.17) is 22.4 Å². The van der Waals surface area contributed by atoms with E-state index < -0.39 is 11.7 Å². The summed E-state index contributed by atoms with van der Waals surface area (Å²) in [6, 6.07) is 8.23. The van der Waals surface area contributed by atoms with Gasteiger partial charge in [-0.1, -0.05) is 12.1 Å². The van der Waals surface area contributed by atoms with E-state index in [-0.39, 0.29) is 5.11 Å². The normalized spacial score (nSPS) is 15.4. The Kier molecular flexibility index (Phi) is 6.35. The summed E-state index contributed by atoms with van der Waals surface area (Å²) >= 11 is 5.04. The summed E-state index contributed by atoms with van der Waals surface area (Å²) in [4.78, 5) is 2.32. The van der Waals surface area contributed by atoms with Crippen molar-refractivity contribution in [1.29, 1.82) is 0 Å². The number of furan rings is 1. The van der Waals surface area contributed by atoms with Gasteiger partial charge in [-0.05, 0) is 62.4 Å². The number of nitrogens with zero attached hydrogens (tertiary/aromatic N) is 3. The number of thiocarbonyl (C=S) groups is 1. The molecular weight excluding hydrogens is 389 g/mol. The first kappa shape index (κ1) is 20.3. The lowest BCUT2D eigenvalue weighted by Gasteiger charge is -2.20. The van der Waals surface area contributed by atoms with Crippen molar-refractivity contribution in [2.24, 2.45) is 10.8 Å². The molecule has 0 amide bonds. The maximum Gasteiger partial charge on any atom is 0.416 e. The Bertz CT molecular complexity index is 844. The van der Waals surface area contributed by atoms with Crippen molar-refractivity contribution in [2.45, 2.75) is 19.0 Å². The van der Waals surface area contributed by atoms with Gasteiger partial charge < -0.3 is 15.1 Å². The van der Waals surface area contributed by atoms with Crippen LogP contribution in [0.3, 0.4) is 0 Å². The van der Waals surface area contributed by atoms with E-state index >= 15 is 0 Å². The second-order valence-electron chi connectivity index (χ2n) is 6.54. The van der Waals surface area contributed by atoms with Gasteiger partial charge in [0.15, 0.2) is 5.11 Å². The molecule has 3 rings (SSSR count). The number of benzene rings is 1. The molecule has 0 spiro atoms. The van der Waals surface area contributed by atoms with E-state index in [0.29, 0.717) is 23.6 Å². The molecule has 2 heterocycles. The number of hydrogen-bond donors (Lipinski definition) is 1. The molecule has 0 radical (unpaired) electrons. The van der Waals surface area contributed by atoms with Gasteiger partial charge in [-0.2, -0.15) is 18.3 Å². The lowest BCUT2D eigenvalue weighted by molar-refractivity contribution is -0.137. The number of hydrazone groups is 1. The van der Waals surface area contributed by atoms with E-state index in [1.165, 1.54) is 30.1 Å². The Balaban J connectivity index is 1.67. The fraction of sp³-hybridized carbons (Fsp3) is 0.368. The fourth-order valence-electron chi connectivity index (χ4n) is 3.02. The molecule has 150 valence electrons. The molecule has 1 aliphatic rings.